The number of rotatable bonds is 0. The SMILES string of the molecule is Cn1cnc(Cl)c(Br)c1=O. The van der Waals surface area contributed by atoms with E-state index in [1.165, 1.54) is 10.9 Å². The molecule has 1 rings (SSSR count). The zero-order chi connectivity index (χ0) is 7.72. The topological polar surface area (TPSA) is 34.9 Å². The molecule has 0 unspecified atom stereocenters. The van der Waals surface area contributed by atoms with Crippen LogP contribution in [-0.2, 0) is 7.05 Å². The van der Waals surface area contributed by atoms with Crippen molar-refractivity contribution in [3.63, 3.8) is 0 Å². The molecule has 0 amide bonds. The molecule has 0 saturated carbocycles. The normalized spacial score (nSPS) is 9.90. The molecule has 54 valence electrons. The minimum Gasteiger partial charge on any atom is -0.301 e. The van der Waals surface area contributed by atoms with E-state index in [-0.39, 0.29) is 10.7 Å². The fourth-order valence-electron chi connectivity index (χ4n) is 0.489. The summed E-state index contributed by atoms with van der Waals surface area (Å²) in [5.74, 6) is 0. The van der Waals surface area contributed by atoms with Crippen LogP contribution in [0.5, 0.6) is 0 Å². The summed E-state index contributed by atoms with van der Waals surface area (Å²) in [5.41, 5.74) is -0.181. The third-order valence-electron chi connectivity index (χ3n) is 1.03. The summed E-state index contributed by atoms with van der Waals surface area (Å²) in [5, 5.41) is 0.197. The third kappa shape index (κ3) is 1.22. The van der Waals surface area contributed by atoms with Gasteiger partial charge in [0.2, 0.25) is 0 Å². The average Bonchev–Trinajstić information content (AvgIpc) is 1.93. The molecule has 1 aromatic rings. The van der Waals surface area contributed by atoms with Crippen LogP contribution in [0, 0.1) is 0 Å². The zero-order valence-electron chi connectivity index (χ0n) is 5.14. The molecule has 0 bridgehead atoms. The lowest BCUT2D eigenvalue weighted by Gasteiger charge is -1.96. The van der Waals surface area contributed by atoms with Crippen LogP contribution in [0.25, 0.3) is 0 Å². The Labute approximate surface area is 70.8 Å². The predicted octanol–water partition coefficient (Wildman–Crippen LogP) is 1.20. The molecule has 0 aliphatic carbocycles. The van der Waals surface area contributed by atoms with E-state index in [2.05, 4.69) is 20.9 Å². The summed E-state index contributed by atoms with van der Waals surface area (Å²) in [6.07, 6.45) is 1.37. The Balaban J connectivity index is 3.50. The maximum absolute atomic E-state index is 11.0. The van der Waals surface area contributed by atoms with Crippen molar-refractivity contribution in [2.75, 3.05) is 0 Å². The highest BCUT2D eigenvalue weighted by Crippen LogP contribution is 2.12. The third-order valence-corrected chi connectivity index (χ3v) is 2.26. The van der Waals surface area contributed by atoms with Crippen LogP contribution in [0.2, 0.25) is 5.15 Å². The van der Waals surface area contributed by atoms with Crippen LogP contribution >= 0.6 is 27.5 Å². The number of hydrogen-bond donors (Lipinski definition) is 0. The Morgan fingerprint density at radius 2 is 2.40 bits per heavy atom. The zero-order valence-corrected chi connectivity index (χ0v) is 7.48. The second kappa shape index (κ2) is 2.72. The van der Waals surface area contributed by atoms with Gasteiger partial charge in [0.25, 0.3) is 5.56 Å². The fourth-order valence-corrected chi connectivity index (χ4v) is 0.996. The number of aryl methyl sites for hydroxylation is 1. The second-order valence-electron chi connectivity index (χ2n) is 1.77. The van der Waals surface area contributed by atoms with Crippen LogP contribution in [-0.4, -0.2) is 9.55 Å². The molecule has 0 atom stereocenters. The van der Waals surface area contributed by atoms with Crippen molar-refractivity contribution < 1.29 is 0 Å². The van der Waals surface area contributed by atoms with Gasteiger partial charge in [-0.15, -0.1) is 0 Å². The highest BCUT2D eigenvalue weighted by molar-refractivity contribution is 9.10. The number of aromatic nitrogens is 2. The van der Waals surface area contributed by atoms with E-state index in [4.69, 9.17) is 11.6 Å². The van der Waals surface area contributed by atoms with Gasteiger partial charge in [0, 0.05) is 7.05 Å². The minimum absolute atomic E-state index is 0.181. The highest BCUT2D eigenvalue weighted by atomic mass is 79.9. The van der Waals surface area contributed by atoms with E-state index in [0.717, 1.165) is 0 Å². The molecule has 3 nitrogen and oxygen atoms in total. The monoisotopic (exact) mass is 222 g/mol. The molecule has 0 aliphatic heterocycles. The van der Waals surface area contributed by atoms with Crippen molar-refractivity contribution in [1.29, 1.82) is 0 Å². The van der Waals surface area contributed by atoms with Crippen molar-refractivity contribution in [3.8, 4) is 0 Å². The highest BCUT2D eigenvalue weighted by Gasteiger charge is 2.02. The van der Waals surface area contributed by atoms with E-state index in [0.29, 0.717) is 4.47 Å². The van der Waals surface area contributed by atoms with Crippen LogP contribution in [0.4, 0.5) is 0 Å². The van der Waals surface area contributed by atoms with Crippen LogP contribution in [0.1, 0.15) is 0 Å². The first kappa shape index (κ1) is 7.75. The lowest BCUT2D eigenvalue weighted by Crippen LogP contribution is -2.17. The molecular weight excluding hydrogens is 219 g/mol. The van der Waals surface area contributed by atoms with E-state index in [1.807, 2.05) is 0 Å². The quantitative estimate of drug-likeness (QED) is 0.620. The first-order chi connectivity index (χ1) is 4.63. The lowest BCUT2D eigenvalue weighted by atomic mass is 10.6. The average molecular weight is 223 g/mol. The molecule has 0 N–H and O–H groups in total. The molecule has 10 heavy (non-hydrogen) atoms. The molecule has 0 aliphatic rings. The van der Waals surface area contributed by atoms with E-state index < -0.39 is 0 Å². The Kier molecular flexibility index (Phi) is 2.11. The number of hydrogen-bond acceptors (Lipinski definition) is 2. The molecule has 0 saturated heterocycles. The Bertz CT molecular complexity index is 309. The largest absolute Gasteiger partial charge is 0.301 e. The van der Waals surface area contributed by atoms with Crippen molar-refractivity contribution in [2.24, 2.45) is 7.05 Å². The Morgan fingerprint density at radius 1 is 1.80 bits per heavy atom. The second-order valence-corrected chi connectivity index (χ2v) is 2.92. The van der Waals surface area contributed by atoms with E-state index in [9.17, 15) is 4.79 Å². The summed E-state index contributed by atoms with van der Waals surface area (Å²) in [7, 11) is 1.61. The van der Waals surface area contributed by atoms with Crippen molar-refractivity contribution in [3.05, 3.63) is 26.3 Å². The number of nitrogens with zero attached hydrogens (tertiary/aromatic N) is 2. The smallest absolute Gasteiger partial charge is 0.268 e. The molecular formula is C5H4BrClN2O. The molecule has 0 fully saturated rings. The van der Waals surface area contributed by atoms with Crippen molar-refractivity contribution in [2.45, 2.75) is 0 Å². The van der Waals surface area contributed by atoms with Gasteiger partial charge >= 0.3 is 0 Å². The summed E-state index contributed by atoms with van der Waals surface area (Å²) in [6, 6.07) is 0. The molecule has 1 aromatic heterocycles. The van der Waals surface area contributed by atoms with Gasteiger partial charge in [0.05, 0.1) is 6.33 Å². The molecule has 1 heterocycles. The van der Waals surface area contributed by atoms with Crippen molar-refractivity contribution >= 4 is 27.5 Å². The summed E-state index contributed by atoms with van der Waals surface area (Å²) >= 11 is 8.52. The first-order valence-corrected chi connectivity index (χ1v) is 3.66. The number of halogens is 2. The van der Waals surface area contributed by atoms with Crippen molar-refractivity contribution in [1.82, 2.24) is 9.55 Å². The van der Waals surface area contributed by atoms with Crippen LogP contribution in [0.15, 0.2) is 15.6 Å². The van der Waals surface area contributed by atoms with Gasteiger partial charge in [0.15, 0.2) is 5.15 Å². The Hall–Kier alpha value is -0.350. The van der Waals surface area contributed by atoms with E-state index >= 15 is 0 Å². The van der Waals surface area contributed by atoms with Gasteiger partial charge in [-0.25, -0.2) is 4.98 Å². The van der Waals surface area contributed by atoms with Crippen LogP contribution < -0.4 is 5.56 Å². The molecule has 0 spiro atoms. The Morgan fingerprint density at radius 3 is 2.90 bits per heavy atom. The van der Waals surface area contributed by atoms with Gasteiger partial charge in [-0.1, -0.05) is 11.6 Å². The maximum atomic E-state index is 11.0. The van der Waals surface area contributed by atoms with Gasteiger partial charge in [-0.2, -0.15) is 0 Å². The summed E-state index contributed by atoms with van der Waals surface area (Å²) in [6.45, 7) is 0. The van der Waals surface area contributed by atoms with Gasteiger partial charge in [-0.05, 0) is 15.9 Å². The minimum atomic E-state index is -0.181. The molecule has 0 radical (unpaired) electrons. The molecule has 0 aromatic carbocycles. The summed E-state index contributed by atoms with van der Waals surface area (Å²) < 4.78 is 1.65. The lowest BCUT2D eigenvalue weighted by molar-refractivity contribution is 0.817. The van der Waals surface area contributed by atoms with Crippen LogP contribution in [0.3, 0.4) is 0 Å². The van der Waals surface area contributed by atoms with Gasteiger partial charge in [0.1, 0.15) is 4.47 Å². The van der Waals surface area contributed by atoms with Gasteiger partial charge in [-0.3, -0.25) is 4.79 Å². The summed E-state index contributed by atoms with van der Waals surface area (Å²) in [4.78, 5) is 14.7. The van der Waals surface area contributed by atoms with E-state index in [1.54, 1.807) is 7.05 Å². The fraction of sp³-hybridized carbons (Fsp3) is 0.200. The standard InChI is InChI=1S/C5H4BrClN2O/c1-9-2-8-4(7)3(6)5(9)10/h2H,1H3. The first-order valence-electron chi connectivity index (χ1n) is 2.49. The molecule has 5 heteroatoms. The predicted molar refractivity (Wildman–Crippen MR) is 42.2 cm³/mol. The van der Waals surface area contributed by atoms with Gasteiger partial charge < -0.3 is 4.57 Å². The maximum Gasteiger partial charge on any atom is 0.268 e.